The minimum absolute atomic E-state index is 0.296. The summed E-state index contributed by atoms with van der Waals surface area (Å²) < 4.78 is 15.1. The van der Waals surface area contributed by atoms with Gasteiger partial charge in [0.15, 0.2) is 0 Å². The van der Waals surface area contributed by atoms with Crippen LogP contribution in [0.3, 0.4) is 0 Å². The minimum Gasteiger partial charge on any atom is -0.398 e. The van der Waals surface area contributed by atoms with Crippen LogP contribution in [0.2, 0.25) is 0 Å². The lowest BCUT2D eigenvalue weighted by Crippen LogP contribution is -2.01. The number of benzene rings is 1. The Bertz CT molecular complexity index is 491. The van der Waals surface area contributed by atoms with E-state index in [1.807, 2.05) is 10.8 Å². The molecule has 0 amide bonds. The van der Waals surface area contributed by atoms with Crippen molar-refractivity contribution in [3.63, 3.8) is 0 Å². The molecule has 0 radical (unpaired) electrons. The zero-order chi connectivity index (χ0) is 11.5. The molecule has 0 bridgehead atoms. The van der Waals surface area contributed by atoms with Crippen LogP contribution in [0.15, 0.2) is 30.6 Å². The maximum absolute atomic E-state index is 13.2. The first-order chi connectivity index (χ1) is 7.72. The first-order valence-electron chi connectivity index (χ1n) is 5.29. The first-order valence-corrected chi connectivity index (χ1v) is 5.29. The molecule has 16 heavy (non-hydrogen) atoms. The van der Waals surface area contributed by atoms with Crippen molar-refractivity contribution >= 4 is 5.69 Å². The van der Waals surface area contributed by atoms with Gasteiger partial charge in [0.2, 0.25) is 0 Å². The van der Waals surface area contributed by atoms with Gasteiger partial charge in [0, 0.05) is 30.2 Å². The normalized spacial score (nSPS) is 10.6. The Labute approximate surface area is 93.7 Å². The third kappa shape index (κ3) is 1.91. The highest BCUT2D eigenvalue weighted by Crippen LogP contribution is 2.25. The van der Waals surface area contributed by atoms with Crippen LogP contribution in [-0.4, -0.2) is 9.55 Å². The van der Waals surface area contributed by atoms with Gasteiger partial charge in [-0.3, -0.25) is 0 Å². The van der Waals surface area contributed by atoms with Crippen molar-refractivity contribution in [2.24, 2.45) is 0 Å². The molecule has 2 rings (SSSR count). The number of nitrogen functional groups attached to an aromatic ring is 1. The van der Waals surface area contributed by atoms with Crippen molar-refractivity contribution < 1.29 is 4.39 Å². The fourth-order valence-corrected chi connectivity index (χ4v) is 1.70. The molecule has 1 aromatic carbocycles. The number of nitrogens with two attached hydrogens (primary N) is 1. The van der Waals surface area contributed by atoms with E-state index < -0.39 is 0 Å². The smallest absolute Gasteiger partial charge is 0.142 e. The average Bonchev–Trinajstić information content (AvgIpc) is 2.70. The summed E-state index contributed by atoms with van der Waals surface area (Å²) in [6.07, 6.45) is 4.58. The molecule has 0 aliphatic heterocycles. The zero-order valence-electron chi connectivity index (χ0n) is 9.15. The summed E-state index contributed by atoms with van der Waals surface area (Å²) >= 11 is 0. The fraction of sp³-hybridized carbons (Fsp3) is 0.250. The van der Waals surface area contributed by atoms with Gasteiger partial charge >= 0.3 is 0 Å². The second kappa shape index (κ2) is 4.35. The molecule has 2 aromatic rings. The van der Waals surface area contributed by atoms with Gasteiger partial charge in [0.05, 0.1) is 0 Å². The largest absolute Gasteiger partial charge is 0.398 e. The number of nitrogens with zero attached hydrogens (tertiary/aromatic N) is 2. The Kier molecular flexibility index (Phi) is 2.90. The van der Waals surface area contributed by atoms with E-state index in [0.717, 1.165) is 18.8 Å². The van der Waals surface area contributed by atoms with E-state index >= 15 is 0 Å². The molecule has 2 N–H and O–H groups in total. The molecule has 84 valence electrons. The number of rotatable bonds is 3. The van der Waals surface area contributed by atoms with Crippen LogP contribution in [0.5, 0.6) is 0 Å². The Morgan fingerprint density at radius 3 is 3.00 bits per heavy atom. The van der Waals surface area contributed by atoms with Crippen LogP contribution in [0, 0.1) is 5.82 Å². The number of hydrogen-bond acceptors (Lipinski definition) is 2. The van der Waals surface area contributed by atoms with E-state index in [1.54, 1.807) is 12.3 Å². The van der Waals surface area contributed by atoms with Gasteiger partial charge in [-0.2, -0.15) is 0 Å². The average molecular weight is 219 g/mol. The summed E-state index contributed by atoms with van der Waals surface area (Å²) in [4.78, 5) is 4.22. The van der Waals surface area contributed by atoms with Crippen LogP contribution in [-0.2, 0) is 6.54 Å². The first kappa shape index (κ1) is 10.7. The van der Waals surface area contributed by atoms with E-state index in [2.05, 4.69) is 11.9 Å². The predicted molar refractivity (Wildman–Crippen MR) is 62.3 cm³/mol. The Morgan fingerprint density at radius 2 is 2.25 bits per heavy atom. The molecule has 0 aliphatic rings. The van der Waals surface area contributed by atoms with Crippen molar-refractivity contribution in [3.8, 4) is 11.4 Å². The van der Waals surface area contributed by atoms with Crippen LogP contribution in [0.25, 0.3) is 11.4 Å². The second-order valence-corrected chi connectivity index (χ2v) is 3.68. The molecule has 0 atom stereocenters. The lowest BCUT2D eigenvalue weighted by atomic mass is 10.1. The number of aryl methyl sites for hydroxylation is 1. The fourth-order valence-electron chi connectivity index (χ4n) is 1.70. The molecule has 3 nitrogen and oxygen atoms in total. The highest BCUT2D eigenvalue weighted by atomic mass is 19.1. The second-order valence-electron chi connectivity index (χ2n) is 3.68. The van der Waals surface area contributed by atoms with Gasteiger partial charge < -0.3 is 10.3 Å². The molecule has 1 heterocycles. The zero-order valence-corrected chi connectivity index (χ0v) is 9.15. The Hall–Kier alpha value is -1.84. The van der Waals surface area contributed by atoms with Crippen LogP contribution < -0.4 is 5.73 Å². The highest BCUT2D eigenvalue weighted by Gasteiger charge is 2.09. The van der Waals surface area contributed by atoms with E-state index in [1.165, 1.54) is 12.1 Å². The lowest BCUT2D eigenvalue weighted by Gasteiger charge is -2.08. The summed E-state index contributed by atoms with van der Waals surface area (Å²) in [5, 5.41) is 0. The highest BCUT2D eigenvalue weighted by molar-refractivity contribution is 5.71. The molecule has 4 heteroatoms. The van der Waals surface area contributed by atoms with Crippen molar-refractivity contribution in [1.82, 2.24) is 9.55 Å². The van der Waals surface area contributed by atoms with Crippen molar-refractivity contribution in [3.05, 3.63) is 36.4 Å². The molecule has 1 aromatic heterocycles. The summed E-state index contributed by atoms with van der Waals surface area (Å²) in [5.74, 6) is 0.425. The molecule has 0 fully saturated rings. The molecule has 0 unspecified atom stereocenters. The third-order valence-corrected chi connectivity index (χ3v) is 2.44. The van der Waals surface area contributed by atoms with E-state index in [4.69, 9.17) is 5.73 Å². The number of anilines is 1. The molecule has 0 aliphatic carbocycles. The summed E-state index contributed by atoms with van der Waals surface area (Å²) in [6.45, 7) is 2.93. The summed E-state index contributed by atoms with van der Waals surface area (Å²) in [7, 11) is 0. The standard InChI is InChI=1S/C12H14FN3/c1-2-6-16-7-5-15-12(16)10-8-9(13)3-4-11(10)14/h3-5,7-8H,2,6,14H2,1H3. The van der Waals surface area contributed by atoms with Gasteiger partial charge in [-0.15, -0.1) is 0 Å². The topological polar surface area (TPSA) is 43.8 Å². The van der Waals surface area contributed by atoms with Crippen molar-refractivity contribution in [2.75, 3.05) is 5.73 Å². The van der Waals surface area contributed by atoms with E-state index in [9.17, 15) is 4.39 Å². The Morgan fingerprint density at radius 1 is 1.44 bits per heavy atom. The number of hydrogen-bond donors (Lipinski definition) is 1. The summed E-state index contributed by atoms with van der Waals surface area (Å²) in [5.41, 5.74) is 7.02. The molecule has 0 saturated heterocycles. The number of halogens is 1. The minimum atomic E-state index is -0.296. The third-order valence-electron chi connectivity index (χ3n) is 2.44. The monoisotopic (exact) mass is 219 g/mol. The van der Waals surface area contributed by atoms with Crippen LogP contribution in [0.1, 0.15) is 13.3 Å². The quantitative estimate of drug-likeness (QED) is 0.806. The van der Waals surface area contributed by atoms with Gasteiger partial charge in [-0.25, -0.2) is 9.37 Å². The van der Waals surface area contributed by atoms with Gasteiger partial charge in [-0.1, -0.05) is 6.92 Å². The molecule has 0 saturated carbocycles. The number of imidazole rings is 1. The maximum atomic E-state index is 13.2. The predicted octanol–water partition coefficient (Wildman–Crippen LogP) is 2.68. The summed E-state index contributed by atoms with van der Waals surface area (Å²) in [6, 6.07) is 4.34. The lowest BCUT2D eigenvalue weighted by molar-refractivity contribution is 0.627. The van der Waals surface area contributed by atoms with E-state index in [-0.39, 0.29) is 5.82 Å². The molecule has 0 spiro atoms. The molecular formula is C12H14FN3. The van der Waals surface area contributed by atoms with Gasteiger partial charge in [0.25, 0.3) is 0 Å². The van der Waals surface area contributed by atoms with Crippen molar-refractivity contribution in [1.29, 1.82) is 0 Å². The SMILES string of the molecule is CCCn1ccnc1-c1cc(F)ccc1N. The van der Waals surface area contributed by atoms with Gasteiger partial charge in [-0.05, 0) is 24.6 Å². The van der Waals surface area contributed by atoms with Gasteiger partial charge in [0.1, 0.15) is 11.6 Å². The Balaban J connectivity index is 2.49. The van der Waals surface area contributed by atoms with E-state index in [0.29, 0.717) is 11.3 Å². The van der Waals surface area contributed by atoms with Crippen LogP contribution in [0.4, 0.5) is 10.1 Å². The maximum Gasteiger partial charge on any atom is 0.142 e. The van der Waals surface area contributed by atoms with Crippen LogP contribution >= 0.6 is 0 Å². The van der Waals surface area contributed by atoms with Crippen molar-refractivity contribution in [2.45, 2.75) is 19.9 Å². The molecular weight excluding hydrogens is 205 g/mol. The number of aromatic nitrogens is 2.